The van der Waals surface area contributed by atoms with Gasteiger partial charge in [0, 0.05) is 19.9 Å². The molecule has 2 aromatic carbocycles. The highest BCUT2D eigenvalue weighted by molar-refractivity contribution is 9.11. The van der Waals surface area contributed by atoms with Crippen LogP contribution in [-0.4, -0.2) is 11.7 Å². The molecule has 0 aliphatic carbocycles. The highest BCUT2D eigenvalue weighted by atomic mass is 79.9. The zero-order chi connectivity index (χ0) is 15.2. The Balaban J connectivity index is 2.01. The van der Waals surface area contributed by atoms with Crippen molar-refractivity contribution in [1.29, 1.82) is 0 Å². The topological polar surface area (TPSA) is 29.5 Å². The Morgan fingerprint density at radius 1 is 1.14 bits per heavy atom. The van der Waals surface area contributed by atoms with E-state index in [1.54, 1.807) is 0 Å². The average molecular weight is 412 g/mol. The molecule has 0 bridgehead atoms. The number of aliphatic hydroxyl groups excluding tert-OH is 1. The van der Waals surface area contributed by atoms with E-state index in [2.05, 4.69) is 51.8 Å². The minimum absolute atomic E-state index is 0.0119. The lowest BCUT2D eigenvalue weighted by atomic mass is 9.85. The number of ether oxygens (including phenoxy) is 1. The van der Waals surface area contributed by atoms with E-state index in [1.807, 2.05) is 30.3 Å². The van der Waals surface area contributed by atoms with Crippen molar-refractivity contribution in [2.24, 2.45) is 0 Å². The van der Waals surface area contributed by atoms with Gasteiger partial charge in [-0.25, -0.2) is 0 Å². The standard InChI is InChI=1S/C17H16Br2O2/c1-17(2)9-21-15-6-3-10(7-13(15)17)16(20)12-5-4-11(18)8-14(12)19/h3-8,16,20H,9H2,1-2H3. The molecule has 2 aromatic rings. The van der Waals surface area contributed by atoms with Crippen LogP contribution >= 0.6 is 31.9 Å². The van der Waals surface area contributed by atoms with Gasteiger partial charge in [-0.15, -0.1) is 0 Å². The predicted octanol–water partition coefficient (Wildman–Crippen LogP) is 4.96. The van der Waals surface area contributed by atoms with E-state index >= 15 is 0 Å². The molecule has 1 unspecified atom stereocenters. The molecule has 0 aromatic heterocycles. The van der Waals surface area contributed by atoms with Gasteiger partial charge in [0.25, 0.3) is 0 Å². The Hall–Kier alpha value is -0.840. The van der Waals surface area contributed by atoms with Gasteiger partial charge in [0.2, 0.25) is 0 Å². The first kappa shape index (κ1) is 15.1. The quantitative estimate of drug-likeness (QED) is 0.756. The van der Waals surface area contributed by atoms with Gasteiger partial charge in [-0.2, -0.15) is 0 Å². The largest absolute Gasteiger partial charge is 0.492 e. The third-order valence-electron chi connectivity index (χ3n) is 3.89. The summed E-state index contributed by atoms with van der Waals surface area (Å²) in [6, 6.07) is 11.7. The fourth-order valence-corrected chi connectivity index (χ4v) is 3.88. The van der Waals surface area contributed by atoms with E-state index in [-0.39, 0.29) is 5.41 Å². The van der Waals surface area contributed by atoms with Crippen LogP contribution in [0.5, 0.6) is 5.75 Å². The summed E-state index contributed by atoms with van der Waals surface area (Å²) < 4.78 is 7.57. The lowest BCUT2D eigenvalue weighted by Gasteiger charge is -2.18. The molecule has 0 saturated carbocycles. The molecule has 0 amide bonds. The van der Waals surface area contributed by atoms with Crippen molar-refractivity contribution in [2.45, 2.75) is 25.4 Å². The molecular formula is C17H16Br2O2. The Morgan fingerprint density at radius 3 is 2.62 bits per heavy atom. The molecule has 4 heteroatoms. The third kappa shape index (κ3) is 2.77. The fourth-order valence-electron chi connectivity index (χ4n) is 2.61. The summed E-state index contributed by atoms with van der Waals surface area (Å²) in [6.07, 6.45) is -0.658. The summed E-state index contributed by atoms with van der Waals surface area (Å²) in [7, 11) is 0. The van der Waals surface area contributed by atoms with Gasteiger partial charge in [-0.05, 0) is 35.4 Å². The third-order valence-corrected chi connectivity index (χ3v) is 5.07. The van der Waals surface area contributed by atoms with Gasteiger partial charge in [-0.1, -0.05) is 57.8 Å². The lowest BCUT2D eigenvalue weighted by Crippen LogP contribution is -2.18. The van der Waals surface area contributed by atoms with Crippen LogP contribution in [-0.2, 0) is 5.41 Å². The molecule has 21 heavy (non-hydrogen) atoms. The maximum Gasteiger partial charge on any atom is 0.123 e. The molecule has 3 rings (SSSR count). The highest BCUT2D eigenvalue weighted by Crippen LogP contribution is 2.41. The molecule has 0 spiro atoms. The summed E-state index contributed by atoms with van der Waals surface area (Å²) >= 11 is 6.94. The first-order valence-corrected chi connectivity index (χ1v) is 8.37. The van der Waals surface area contributed by atoms with Gasteiger partial charge in [-0.3, -0.25) is 0 Å². The number of rotatable bonds is 2. The van der Waals surface area contributed by atoms with E-state index in [1.165, 1.54) is 0 Å². The first-order chi connectivity index (χ1) is 9.88. The number of benzene rings is 2. The summed E-state index contributed by atoms with van der Waals surface area (Å²) in [4.78, 5) is 0. The lowest BCUT2D eigenvalue weighted by molar-refractivity contribution is 0.219. The van der Waals surface area contributed by atoms with Gasteiger partial charge in [0.1, 0.15) is 11.9 Å². The number of aliphatic hydroxyl groups is 1. The molecule has 1 N–H and O–H groups in total. The van der Waals surface area contributed by atoms with E-state index in [0.717, 1.165) is 31.4 Å². The van der Waals surface area contributed by atoms with E-state index < -0.39 is 6.10 Å². The van der Waals surface area contributed by atoms with Crippen LogP contribution in [0.1, 0.15) is 36.6 Å². The number of hydrogen-bond acceptors (Lipinski definition) is 2. The Kier molecular flexibility index (Phi) is 3.89. The molecule has 1 aliphatic heterocycles. The van der Waals surface area contributed by atoms with E-state index in [9.17, 15) is 5.11 Å². The average Bonchev–Trinajstić information content (AvgIpc) is 2.74. The van der Waals surface area contributed by atoms with Crippen molar-refractivity contribution < 1.29 is 9.84 Å². The summed E-state index contributed by atoms with van der Waals surface area (Å²) in [5.74, 6) is 0.922. The van der Waals surface area contributed by atoms with Crippen LogP contribution in [0.4, 0.5) is 0 Å². The Morgan fingerprint density at radius 2 is 1.90 bits per heavy atom. The normalized spacial score (nSPS) is 17.2. The molecule has 0 saturated heterocycles. The predicted molar refractivity (Wildman–Crippen MR) is 90.9 cm³/mol. The van der Waals surface area contributed by atoms with Crippen molar-refractivity contribution in [3.8, 4) is 5.75 Å². The SMILES string of the molecule is CC1(C)COc2ccc(C(O)c3ccc(Br)cc3Br)cc21. The number of halogens is 2. The van der Waals surface area contributed by atoms with Gasteiger partial charge >= 0.3 is 0 Å². The van der Waals surface area contributed by atoms with Crippen molar-refractivity contribution in [2.75, 3.05) is 6.61 Å². The van der Waals surface area contributed by atoms with Crippen LogP contribution in [0.2, 0.25) is 0 Å². The maximum absolute atomic E-state index is 10.7. The van der Waals surface area contributed by atoms with Crippen LogP contribution in [0.25, 0.3) is 0 Å². The molecule has 0 fully saturated rings. The van der Waals surface area contributed by atoms with Crippen molar-refractivity contribution in [3.63, 3.8) is 0 Å². The monoisotopic (exact) mass is 410 g/mol. The number of fused-ring (bicyclic) bond motifs is 1. The van der Waals surface area contributed by atoms with E-state index in [4.69, 9.17) is 4.74 Å². The number of hydrogen-bond donors (Lipinski definition) is 1. The second-order valence-corrected chi connectivity index (χ2v) is 7.77. The smallest absolute Gasteiger partial charge is 0.123 e. The molecular weight excluding hydrogens is 396 g/mol. The van der Waals surface area contributed by atoms with Crippen LogP contribution < -0.4 is 4.74 Å². The van der Waals surface area contributed by atoms with Crippen LogP contribution in [0.15, 0.2) is 45.3 Å². The summed E-state index contributed by atoms with van der Waals surface area (Å²) in [5, 5.41) is 10.7. The maximum atomic E-state index is 10.7. The van der Waals surface area contributed by atoms with Crippen LogP contribution in [0.3, 0.4) is 0 Å². The zero-order valence-electron chi connectivity index (χ0n) is 11.9. The fraction of sp³-hybridized carbons (Fsp3) is 0.294. The molecule has 1 atom stereocenters. The highest BCUT2D eigenvalue weighted by Gasteiger charge is 2.32. The van der Waals surface area contributed by atoms with Gasteiger partial charge in [0.05, 0.1) is 6.61 Å². The van der Waals surface area contributed by atoms with Gasteiger partial charge < -0.3 is 9.84 Å². The van der Waals surface area contributed by atoms with Crippen molar-refractivity contribution in [1.82, 2.24) is 0 Å². The van der Waals surface area contributed by atoms with Gasteiger partial charge in [0.15, 0.2) is 0 Å². The summed E-state index contributed by atoms with van der Waals surface area (Å²) in [5.41, 5.74) is 2.89. The molecule has 1 heterocycles. The zero-order valence-corrected chi connectivity index (χ0v) is 15.0. The minimum Gasteiger partial charge on any atom is -0.492 e. The second kappa shape index (κ2) is 5.41. The van der Waals surface area contributed by atoms with Crippen molar-refractivity contribution in [3.05, 3.63) is 62.0 Å². The molecule has 110 valence electrons. The van der Waals surface area contributed by atoms with E-state index in [0.29, 0.717) is 6.61 Å². The minimum atomic E-state index is -0.658. The molecule has 2 nitrogen and oxygen atoms in total. The summed E-state index contributed by atoms with van der Waals surface area (Å²) in [6.45, 7) is 5.00. The van der Waals surface area contributed by atoms with Crippen molar-refractivity contribution >= 4 is 31.9 Å². The molecule has 0 radical (unpaired) electrons. The Bertz CT molecular complexity index is 695. The Labute approximate surface area is 141 Å². The molecule has 1 aliphatic rings. The second-order valence-electron chi connectivity index (χ2n) is 6.00. The first-order valence-electron chi connectivity index (χ1n) is 6.79. The van der Waals surface area contributed by atoms with Crippen LogP contribution in [0, 0.1) is 0 Å².